The fourth-order valence-electron chi connectivity index (χ4n) is 6.83. The van der Waals surface area contributed by atoms with Crippen LogP contribution in [0.2, 0.25) is 0 Å². The smallest absolute Gasteiger partial charge is 0.0619 e. The summed E-state index contributed by atoms with van der Waals surface area (Å²) in [5.41, 5.74) is 15.0. The van der Waals surface area contributed by atoms with Crippen molar-refractivity contribution in [1.29, 1.82) is 0 Å². The molecule has 3 aliphatic carbocycles. The third-order valence-electron chi connectivity index (χ3n) is 7.95. The predicted octanol–water partition coefficient (Wildman–Crippen LogP) is 8.06. The van der Waals surface area contributed by atoms with Gasteiger partial charge in [-0.3, -0.25) is 0 Å². The summed E-state index contributed by atoms with van der Waals surface area (Å²) in [7, 11) is 0. The molecule has 0 unspecified atom stereocenters. The molecular formula is C32H20. The van der Waals surface area contributed by atoms with Crippen LogP contribution in [0.4, 0.5) is 0 Å². The Morgan fingerprint density at radius 3 is 1.81 bits per heavy atom. The summed E-state index contributed by atoms with van der Waals surface area (Å²) < 4.78 is 0. The number of rotatable bonds is 0. The average Bonchev–Trinajstić information content (AvgIpc) is 3.44. The summed E-state index contributed by atoms with van der Waals surface area (Å²) in [4.78, 5) is 0. The molecule has 0 saturated carbocycles. The fourth-order valence-corrected chi connectivity index (χ4v) is 6.83. The van der Waals surface area contributed by atoms with Gasteiger partial charge >= 0.3 is 0 Å². The van der Waals surface area contributed by atoms with Gasteiger partial charge in [-0.05, 0) is 85.0 Å². The van der Waals surface area contributed by atoms with E-state index in [0.29, 0.717) is 0 Å². The molecule has 3 aliphatic rings. The number of hydrogen-bond acceptors (Lipinski definition) is 0. The van der Waals surface area contributed by atoms with Crippen LogP contribution in [0.1, 0.15) is 40.3 Å². The van der Waals surface area contributed by atoms with Crippen molar-refractivity contribution in [2.45, 2.75) is 12.3 Å². The van der Waals surface area contributed by atoms with Crippen molar-refractivity contribution >= 4 is 22.4 Å². The number of fused-ring (bicyclic) bond motifs is 11. The monoisotopic (exact) mass is 404 g/mol. The van der Waals surface area contributed by atoms with Crippen LogP contribution in [0, 0.1) is 0 Å². The van der Waals surface area contributed by atoms with Gasteiger partial charge < -0.3 is 0 Å². The number of allylic oxidation sites excluding steroid dienone is 1. The van der Waals surface area contributed by atoms with E-state index < -0.39 is 0 Å². The van der Waals surface area contributed by atoms with Crippen LogP contribution < -0.4 is 0 Å². The van der Waals surface area contributed by atoms with Gasteiger partial charge in [0.05, 0.1) is 5.41 Å². The third-order valence-corrected chi connectivity index (χ3v) is 7.95. The van der Waals surface area contributed by atoms with Gasteiger partial charge in [-0.1, -0.05) is 97.1 Å². The minimum atomic E-state index is -0.261. The van der Waals surface area contributed by atoms with Gasteiger partial charge in [0.25, 0.3) is 0 Å². The fraction of sp³-hybridized carbons (Fsp3) is 0.0625. The maximum atomic E-state index is 2.51. The molecule has 5 aromatic rings. The van der Waals surface area contributed by atoms with Crippen molar-refractivity contribution in [2.24, 2.45) is 0 Å². The molecule has 0 aliphatic heterocycles. The second-order valence-corrected chi connectivity index (χ2v) is 9.33. The van der Waals surface area contributed by atoms with Gasteiger partial charge in [0, 0.05) is 0 Å². The van der Waals surface area contributed by atoms with E-state index >= 15 is 0 Å². The van der Waals surface area contributed by atoms with Crippen molar-refractivity contribution in [1.82, 2.24) is 0 Å². The van der Waals surface area contributed by atoms with E-state index in [1.807, 2.05) is 0 Å². The molecular weight excluding hydrogens is 384 g/mol. The molecule has 0 bridgehead atoms. The van der Waals surface area contributed by atoms with E-state index in [2.05, 4.69) is 110 Å². The van der Waals surface area contributed by atoms with Crippen LogP contribution in [-0.2, 0) is 5.41 Å². The Morgan fingerprint density at radius 2 is 1.12 bits per heavy atom. The lowest BCUT2D eigenvalue weighted by atomic mass is 9.70. The molecule has 0 nitrogen and oxygen atoms in total. The minimum Gasteiger partial charge on any atom is -0.0619 e. The standard InChI is InChI=1S/C32H20/c1-19-17-20-9-8-13-24-30(20)25(19)18-29-31(24)23-12-4-7-16-28(23)32(29)26-14-5-2-10-21(26)22-11-3-6-15-27(22)32/h2-18H,1H3. The van der Waals surface area contributed by atoms with Crippen molar-refractivity contribution in [2.75, 3.05) is 0 Å². The maximum Gasteiger partial charge on any atom is 0.0725 e. The SMILES string of the molecule is CC1=Cc2cccc3c4c(cc1c23)C1(c2ccccc2-c2ccccc21)c1ccccc1-4. The van der Waals surface area contributed by atoms with E-state index in [4.69, 9.17) is 0 Å². The zero-order chi connectivity index (χ0) is 21.0. The molecule has 8 rings (SSSR count). The van der Waals surface area contributed by atoms with E-state index in [0.717, 1.165) is 0 Å². The van der Waals surface area contributed by atoms with E-state index in [-0.39, 0.29) is 5.41 Å². The van der Waals surface area contributed by atoms with Crippen LogP contribution in [0.3, 0.4) is 0 Å². The average molecular weight is 405 g/mol. The first-order valence-corrected chi connectivity index (χ1v) is 11.4. The van der Waals surface area contributed by atoms with Crippen LogP contribution in [0.25, 0.3) is 44.7 Å². The third kappa shape index (κ3) is 1.67. The molecule has 0 saturated heterocycles. The molecule has 0 atom stereocenters. The van der Waals surface area contributed by atoms with Crippen LogP contribution in [0.15, 0.2) is 97.1 Å². The number of hydrogen-bond donors (Lipinski definition) is 0. The maximum absolute atomic E-state index is 2.51. The summed E-state index contributed by atoms with van der Waals surface area (Å²) in [6.07, 6.45) is 2.35. The van der Waals surface area contributed by atoms with E-state index in [1.165, 1.54) is 72.0 Å². The first kappa shape index (κ1) is 16.8. The van der Waals surface area contributed by atoms with E-state index in [9.17, 15) is 0 Å². The highest BCUT2D eigenvalue weighted by molar-refractivity contribution is 6.16. The van der Waals surface area contributed by atoms with Crippen molar-refractivity contribution < 1.29 is 0 Å². The second kappa shape index (κ2) is 5.47. The molecule has 0 radical (unpaired) electrons. The van der Waals surface area contributed by atoms with Crippen molar-refractivity contribution in [3.05, 3.63) is 130 Å². The highest BCUT2D eigenvalue weighted by Crippen LogP contribution is 2.64. The summed E-state index contributed by atoms with van der Waals surface area (Å²) >= 11 is 0. The highest BCUT2D eigenvalue weighted by Gasteiger charge is 2.52. The Morgan fingerprint density at radius 1 is 0.531 bits per heavy atom. The molecule has 5 aromatic carbocycles. The first-order chi connectivity index (χ1) is 15.8. The van der Waals surface area contributed by atoms with Crippen molar-refractivity contribution in [3.63, 3.8) is 0 Å². The zero-order valence-corrected chi connectivity index (χ0v) is 17.8. The molecule has 0 heterocycles. The Hall–Kier alpha value is -3.90. The Balaban J connectivity index is 1.66. The largest absolute Gasteiger partial charge is 0.0725 e. The molecule has 0 aromatic heterocycles. The molecule has 0 heteroatoms. The van der Waals surface area contributed by atoms with Crippen molar-refractivity contribution in [3.8, 4) is 22.3 Å². The van der Waals surface area contributed by atoms with Gasteiger partial charge in [0.1, 0.15) is 0 Å². The highest BCUT2D eigenvalue weighted by atomic mass is 14.5. The normalized spacial score (nSPS) is 15.5. The van der Waals surface area contributed by atoms with Gasteiger partial charge in [-0.25, -0.2) is 0 Å². The zero-order valence-electron chi connectivity index (χ0n) is 17.8. The molecule has 0 amide bonds. The molecule has 32 heavy (non-hydrogen) atoms. The Labute approximate surface area is 187 Å². The van der Waals surface area contributed by atoms with Gasteiger partial charge in [-0.15, -0.1) is 0 Å². The molecule has 1 spiro atoms. The summed E-state index contributed by atoms with van der Waals surface area (Å²) in [6.45, 7) is 2.26. The molecule has 0 N–H and O–H groups in total. The summed E-state index contributed by atoms with van der Waals surface area (Å²) in [5, 5.41) is 2.80. The van der Waals surface area contributed by atoms with Gasteiger partial charge in [0.2, 0.25) is 0 Å². The van der Waals surface area contributed by atoms with Gasteiger partial charge in [-0.2, -0.15) is 0 Å². The van der Waals surface area contributed by atoms with Gasteiger partial charge in [0.15, 0.2) is 0 Å². The number of benzene rings is 5. The quantitative estimate of drug-likeness (QED) is 0.240. The van der Waals surface area contributed by atoms with Crippen LogP contribution in [-0.4, -0.2) is 0 Å². The topological polar surface area (TPSA) is 0 Å². The molecule has 0 fully saturated rings. The van der Waals surface area contributed by atoms with Crippen LogP contribution in [0.5, 0.6) is 0 Å². The molecule has 148 valence electrons. The van der Waals surface area contributed by atoms with Crippen LogP contribution >= 0.6 is 0 Å². The predicted molar refractivity (Wildman–Crippen MR) is 134 cm³/mol. The lowest BCUT2D eigenvalue weighted by molar-refractivity contribution is 0.794. The minimum absolute atomic E-state index is 0.261. The lowest BCUT2D eigenvalue weighted by Crippen LogP contribution is -2.26. The summed E-state index contributed by atoms with van der Waals surface area (Å²) in [5.74, 6) is 0. The lowest BCUT2D eigenvalue weighted by Gasteiger charge is -2.31. The first-order valence-electron chi connectivity index (χ1n) is 11.4. The van der Waals surface area contributed by atoms with E-state index in [1.54, 1.807) is 0 Å². The summed E-state index contributed by atoms with van der Waals surface area (Å²) in [6, 6.07) is 36.5. The second-order valence-electron chi connectivity index (χ2n) is 9.33. The Bertz CT molecular complexity index is 1630. The Kier molecular flexibility index (Phi) is 2.86.